The molecular weight excluding hydrogens is 318 g/mol. The average Bonchev–Trinajstić information content (AvgIpc) is 3.14. The van der Waals surface area contributed by atoms with E-state index in [1.165, 1.54) is 12.8 Å². The molecule has 1 unspecified atom stereocenters. The summed E-state index contributed by atoms with van der Waals surface area (Å²) in [6.07, 6.45) is 8.73. The minimum Gasteiger partial charge on any atom is -0.474 e. The number of urea groups is 1. The van der Waals surface area contributed by atoms with Crippen LogP contribution in [0.15, 0.2) is 18.3 Å². The van der Waals surface area contributed by atoms with Crippen molar-refractivity contribution < 1.29 is 14.3 Å². The average molecular weight is 347 g/mol. The van der Waals surface area contributed by atoms with Gasteiger partial charge in [-0.2, -0.15) is 0 Å². The lowest BCUT2D eigenvalue weighted by Gasteiger charge is -2.28. The molecule has 1 saturated carbocycles. The summed E-state index contributed by atoms with van der Waals surface area (Å²) in [6, 6.07) is 3.85. The van der Waals surface area contributed by atoms with Crippen LogP contribution in [0.5, 0.6) is 5.88 Å². The molecule has 25 heavy (non-hydrogen) atoms. The molecule has 1 aromatic heterocycles. The molecule has 1 aromatic rings. The van der Waals surface area contributed by atoms with Gasteiger partial charge < -0.3 is 20.1 Å². The highest BCUT2D eigenvalue weighted by Gasteiger charge is 2.21. The van der Waals surface area contributed by atoms with Gasteiger partial charge in [0, 0.05) is 38.1 Å². The Morgan fingerprint density at radius 3 is 2.84 bits per heavy atom. The molecule has 1 aliphatic carbocycles. The van der Waals surface area contributed by atoms with Gasteiger partial charge in [0.25, 0.3) is 0 Å². The predicted octanol–water partition coefficient (Wildman–Crippen LogP) is 3.02. The lowest BCUT2D eigenvalue weighted by atomic mass is 9.93. The highest BCUT2D eigenvalue weighted by atomic mass is 16.5. The highest BCUT2D eigenvalue weighted by Crippen LogP contribution is 2.23. The van der Waals surface area contributed by atoms with Gasteiger partial charge in [0.05, 0.1) is 0 Å². The summed E-state index contributed by atoms with van der Waals surface area (Å²) in [5.74, 6) is 1.15. The Morgan fingerprint density at radius 2 is 2.08 bits per heavy atom. The molecule has 0 bridgehead atoms. The third-order valence-electron chi connectivity index (χ3n) is 5.17. The summed E-state index contributed by atoms with van der Waals surface area (Å²) in [5, 5.41) is 5.97. The van der Waals surface area contributed by atoms with Crippen molar-refractivity contribution in [1.29, 1.82) is 0 Å². The van der Waals surface area contributed by atoms with E-state index < -0.39 is 0 Å². The summed E-state index contributed by atoms with van der Waals surface area (Å²) in [6.45, 7) is 4.11. The van der Waals surface area contributed by atoms with Gasteiger partial charge in [-0.1, -0.05) is 0 Å². The smallest absolute Gasteiger partial charge is 0.315 e. The van der Waals surface area contributed by atoms with Crippen molar-refractivity contribution in [2.45, 2.75) is 64.1 Å². The molecule has 1 aliphatic heterocycles. The molecule has 0 spiro atoms. The van der Waals surface area contributed by atoms with Gasteiger partial charge in [-0.05, 0) is 63.0 Å². The van der Waals surface area contributed by atoms with E-state index in [1.807, 2.05) is 12.1 Å². The van der Waals surface area contributed by atoms with Crippen molar-refractivity contribution in [3.63, 3.8) is 0 Å². The number of rotatable bonds is 6. The Labute approximate surface area is 149 Å². The number of carbonyl (C=O) groups is 1. The molecule has 0 radical (unpaired) electrons. The van der Waals surface area contributed by atoms with E-state index in [2.05, 4.69) is 22.5 Å². The van der Waals surface area contributed by atoms with Crippen LogP contribution in [0.1, 0.15) is 51.0 Å². The number of nitrogens with zero attached hydrogens (tertiary/aromatic N) is 1. The molecule has 2 N–H and O–H groups in total. The van der Waals surface area contributed by atoms with Crippen LogP contribution in [0.3, 0.4) is 0 Å². The zero-order chi connectivity index (χ0) is 17.5. The van der Waals surface area contributed by atoms with Crippen molar-refractivity contribution in [1.82, 2.24) is 15.6 Å². The van der Waals surface area contributed by atoms with E-state index >= 15 is 0 Å². The monoisotopic (exact) mass is 347 g/mol. The summed E-state index contributed by atoms with van der Waals surface area (Å²) in [7, 11) is 0. The molecule has 2 heterocycles. The Morgan fingerprint density at radius 1 is 1.32 bits per heavy atom. The number of nitrogens with one attached hydrogen (secondary N) is 2. The third kappa shape index (κ3) is 5.59. The SMILES string of the molecule is CC(NC(=O)NCc1ccnc(OC2CCCC2)c1)C1CCOCC1. The van der Waals surface area contributed by atoms with Crippen LogP contribution in [0.4, 0.5) is 4.79 Å². The summed E-state index contributed by atoms with van der Waals surface area (Å²) in [4.78, 5) is 16.4. The lowest BCUT2D eigenvalue weighted by Crippen LogP contribution is -2.45. The van der Waals surface area contributed by atoms with Gasteiger partial charge in [0.15, 0.2) is 0 Å². The largest absolute Gasteiger partial charge is 0.474 e. The van der Waals surface area contributed by atoms with E-state index in [9.17, 15) is 4.79 Å². The Hall–Kier alpha value is -1.82. The van der Waals surface area contributed by atoms with Crippen LogP contribution >= 0.6 is 0 Å². The predicted molar refractivity (Wildman–Crippen MR) is 95.5 cm³/mol. The first kappa shape index (κ1) is 18.0. The molecule has 1 atom stereocenters. The number of amides is 2. The fourth-order valence-electron chi connectivity index (χ4n) is 3.58. The number of ether oxygens (including phenoxy) is 2. The van der Waals surface area contributed by atoms with Gasteiger partial charge in [-0.25, -0.2) is 9.78 Å². The Kier molecular flexibility index (Phi) is 6.50. The maximum Gasteiger partial charge on any atom is 0.315 e. The number of hydrogen-bond acceptors (Lipinski definition) is 4. The molecule has 2 fully saturated rings. The number of aromatic nitrogens is 1. The zero-order valence-corrected chi connectivity index (χ0v) is 15.0. The fourth-order valence-corrected chi connectivity index (χ4v) is 3.58. The first-order valence-corrected chi connectivity index (χ1v) is 9.44. The molecular formula is C19H29N3O3. The van der Waals surface area contributed by atoms with E-state index in [-0.39, 0.29) is 12.1 Å². The summed E-state index contributed by atoms with van der Waals surface area (Å²) < 4.78 is 11.3. The van der Waals surface area contributed by atoms with Crippen molar-refractivity contribution in [2.75, 3.05) is 13.2 Å². The van der Waals surface area contributed by atoms with Crippen LogP contribution < -0.4 is 15.4 Å². The molecule has 6 heteroatoms. The summed E-state index contributed by atoms with van der Waals surface area (Å²) >= 11 is 0. The lowest BCUT2D eigenvalue weighted by molar-refractivity contribution is 0.0571. The maximum atomic E-state index is 12.1. The third-order valence-corrected chi connectivity index (χ3v) is 5.17. The van der Waals surface area contributed by atoms with Crippen molar-refractivity contribution in [3.05, 3.63) is 23.9 Å². The second-order valence-electron chi connectivity index (χ2n) is 7.09. The minimum absolute atomic E-state index is 0.130. The molecule has 138 valence electrons. The molecule has 2 amide bonds. The van der Waals surface area contributed by atoms with Crippen molar-refractivity contribution in [3.8, 4) is 5.88 Å². The van der Waals surface area contributed by atoms with Crippen LogP contribution in [0.2, 0.25) is 0 Å². The first-order valence-electron chi connectivity index (χ1n) is 9.44. The van der Waals surface area contributed by atoms with Gasteiger partial charge in [0.1, 0.15) is 6.10 Å². The van der Waals surface area contributed by atoms with Crippen molar-refractivity contribution in [2.24, 2.45) is 5.92 Å². The molecule has 3 rings (SSSR count). The van der Waals surface area contributed by atoms with Crippen molar-refractivity contribution >= 4 is 6.03 Å². The second-order valence-corrected chi connectivity index (χ2v) is 7.09. The standard InChI is InChI=1S/C19H29N3O3/c1-14(16-7-10-24-11-8-16)22-19(23)21-13-15-6-9-20-18(12-15)25-17-4-2-3-5-17/h6,9,12,14,16-17H,2-5,7-8,10-11,13H2,1H3,(H2,21,22,23). The van der Waals surface area contributed by atoms with Gasteiger partial charge in [-0.15, -0.1) is 0 Å². The zero-order valence-electron chi connectivity index (χ0n) is 15.0. The summed E-state index contributed by atoms with van der Waals surface area (Å²) in [5.41, 5.74) is 0.997. The minimum atomic E-state index is -0.130. The Bertz CT molecular complexity index is 555. The molecule has 0 aromatic carbocycles. The highest BCUT2D eigenvalue weighted by molar-refractivity contribution is 5.74. The quantitative estimate of drug-likeness (QED) is 0.830. The van der Waals surface area contributed by atoms with Crippen LogP contribution in [-0.4, -0.2) is 36.4 Å². The maximum absolute atomic E-state index is 12.1. The van der Waals surface area contributed by atoms with Crippen LogP contribution in [0.25, 0.3) is 0 Å². The number of carbonyl (C=O) groups excluding carboxylic acids is 1. The van der Waals surface area contributed by atoms with E-state index in [0.717, 1.165) is 44.5 Å². The Balaban J connectivity index is 1.43. The second kappa shape index (κ2) is 9.04. The number of pyridine rings is 1. The van der Waals surface area contributed by atoms with E-state index in [0.29, 0.717) is 24.4 Å². The van der Waals surface area contributed by atoms with Gasteiger partial charge >= 0.3 is 6.03 Å². The fraction of sp³-hybridized carbons (Fsp3) is 0.684. The van der Waals surface area contributed by atoms with E-state index in [1.54, 1.807) is 6.20 Å². The van der Waals surface area contributed by atoms with Crippen LogP contribution in [-0.2, 0) is 11.3 Å². The molecule has 6 nitrogen and oxygen atoms in total. The topological polar surface area (TPSA) is 72.5 Å². The normalized spacial score (nSPS) is 20.2. The van der Waals surface area contributed by atoms with Crippen LogP contribution in [0, 0.1) is 5.92 Å². The van der Waals surface area contributed by atoms with Gasteiger partial charge in [-0.3, -0.25) is 0 Å². The van der Waals surface area contributed by atoms with E-state index in [4.69, 9.17) is 9.47 Å². The molecule has 2 aliphatic rings. The first-order chi connectivity index (χ1) is 12.2. The molecule has 1 saturated heterocycles. The number of hydrogen-bond donors (Lipinski definition) is 2. The van der Waals surface area contributed by atoms with Gasteiger partial charge in [0.2, 0.25) is 5.88 Å².